The Bertz CT molecular complexity index is 1920. The number of carbonyl (C=O) groups is 2. The first-order valence-corrected chi connectivity index (χ1v) is 15.6. The summed E-state index contributed by atoms with van der Waals surface area (Å²) in [6, 6.07) is 9.88. The average Bonchev–Trinajstić information content (AvgIpc) is 3.54. The molecule has 2 saturated heterocycles. The van der Waals surface area contributed by atoms with Crippen molar-refractivity contribution in [3.05, 3.63) is 83.1 Å². The van der Waals surface area contributed by atoms with E-state index in [0.29, 0.717) is 42.8 Å². The number of piperidine rings is 2. The molecule has 2 N–H and O–H groups in total. The van der Waals surface area contributed by atoms with Crippen LogP contribution in [0.2, 0.25) is 0 Å². The van der Waals surface area contributed by atoms with Crippen LogP contribution in [0.4, 0.5) is 32.4 Å². The molecule has 8 rings (SSSR count). The number of amides is 2. The fourth-order valence-corrected chi connectivity index (χ4v) is 7.26. The second kappa shape index (κ2) is 11.6. The quantitative estimate of drug-likeness (QED) is 0.249. The Morgan fingerprint density at radius 2 is 1.84 bits per heavy atom. The largest absolute Gasteiger partial charge is 0.453 e. The van der Waals surface area contributed by atoms with Gasteiger partial charge < -0.3 is 24.7 Å². The van der Waals surface area contributed by atoms with Gasteiger partial charge in [-0.25, -0.2) is 13.6 Å². The lowest BCUT2D eigenvalue weighted by Gasteiger charge is -2.53. The second-order valence-corrected chi connectivity index (χ2v) is 13.2. The first-order chi connectivity index (χ1) is 23.2. The molecule has 3 fully saturated rings. The van der Waals surface area contributed by atoms with E-state index < -0.39 is 53.1 Å². The van der Waals surface area contributed by atoms with Gasteiger partial charge in [0.1, 0.15) is 11.5 Å². The molecule has 2 aromatic heterocycles. The molecule has 0 unspecified atom stereocenters. The van der Waals surface area contributed by atoms with Crippen LogP contribution in [0.15, 0.2) is 59.1 Å². The number of aromatic nitrogens is 3. The van der Waals surface area contributed by atoms with Gasteiger partial charge in [0.15, 0.2) is 0 Å². The predicted octanol–water partition coefficient (Wildman–Crippen LogP) is 6.14. The van der Waals surface area contributed by atoms with Crippen molar-refractivity contribution in [2.75, 3.05) is 25.1 Å². The van der Waals surface area contributed by atoms with E-state index in [1.807, 2.05) is 0 Å². The fourth-order valence-electron chi connectivity index (χ4n) is 7.26. The monoisotopic (exact) mass is 682 g/mol. The number of rotatable bonds is 5. The Morgan fingerprint density at radius 3 is 2.49 bits per heavy atom. The van der Waals surface area contributed by atoms with Gasteiger partial charge in [0.25, 0.3) is 5.89 Å². The number of alkyl halides is 4. The first kappa shape index (κ1) is 32.6. The van der Waals surface area contributed by atoms with E-state index in [1.165, 1.54) is 31.1 Å². The summed E-state index contributed by atoms with van der Waals surface area (Å²) < 4.78 is 81.8. The fraction of sp³-hybridized carbons (Fsp3) is 0.382. The van der Waals surface area contributed by atoms with Gasteiger partial charge in [-0.15, -0.1) is 10.2 Å². The van der Waals surface area contributed by atoms with E-state index in [1.54, 1.807) is 29.2 Å². The summed E-state index contributed by atoms with van der Waals surface area (Å²) in [7, 11) is 1.31. The summed E-state index contributed by atoms with van der Waals surface area (Å²) in [6.45, 7) is 2.01. The summed E-state index contributed by atoms with van der Waals surface area (Å²) in [5.74, 6) is -1.12. The zero-order valence-corrected chi connectivity index (χ0v) is 26.4. The maximum atomic E-state index is 16.2. The van der Waals surface area contributed by atoms with Crippen LogP contribution in [-0.4, -0.2) is 58.3 Å². The highest BCUT2D eigenvalue weighted by molar-refractivity contribution is 5.99. The number of pyridine rings is 1. The third kappa shape index (κ3) is 5.79. The van der Waals surface area contributed by atoms with E-state index in [0.717, 1.165) is 18.3 Å². The Labute approximate surface area is 277 Å². The normalized spacial score (nSPS) is 25.0. The van der Waals surface area contributed by atoms with Gasteiger partial charge in [0.05, 0.1) is 47.6 Å². The minimum atomic E-state index is -4.51. The molecule has 256 valence electrons. The van der Waals surface area contributed by atoms with Crippen LogP contribution in [0.1, 0.15) is 48.8 Å². The molecule has 0 radical (unpaired) electrons. The number of anilines is 1. The zero-order valence-electron chi connectivity index (χ0n) is 26.4. The van der Waals surface area contributed by atoms with Crippen LogP contribution in [0.25, 0.3) is 22.7 Å². The van der Waals surface area contributed by atoms with Crippen molar-refractivity contribution in [1.29, 1.82) is 0 Å². The third-order valence-electron chi connectivity index (χ3n) is 9.68. The number of carbonyl (C=O) groups excluding carboxylic acids is 2. The molecule has 2 atom stereocenters. The van der Waals surface area contributed by atoms with Gasteiger partial charge in [-0.2, -0.15) is 13.2 Å². The number of fused-ring (bicyclic) bond motifs is 3. The SMILES string of the molecule is COC(=O)N1CC2CC(c3nnc(-c4cc5c(cc4F)[C@](C)(F)C[C@H](N)C(=O)N5Cc4ccc(-c5ccc(C(F)(F)F)cn5)cc4)o3)(C2)C1. The molecule has 10 nitrogen and oxygen atoms in total. The molecule has 0 spiro atoms. The van der Waals surface area contributed by atoms with Crippen molar-refractivity contribution in [3.8, 4) is 22.7 Å². The van der Waals surface area contributed by atoms with Gasteiger partial charge in [0, 0.05) is 36.8 Å². The molecule has 2 aromatic carbocycles. The maximum absolute atomic E-state index is 16.2. The Balaban J connectivity index is 1.21. The summed E-state index contributed by atoms with van der Waals surface area (Å²) in [5.41, 5.74) is 3.81. The van der Waals surface area contributed by atoms with Crippen LogP contribution in [0.3, 0.4) is 0 Å². The molecule has 1 saturated carbocycles. The number of hydrogen-bond donors (Lipinski definition) is 1. The highest BCUT2D eigenvalue weighted by Crippen LogP contribution is 2.52. The van der Waals surface area contributed by atoms with E-state index in [-0.39, 0.29) is 41.1 Å². The highest BCUT2D eigenvalue weighted by atomic mass is 19.4. The van der Waals surface area contributed by atoms with Crippen LogP contribution >= 0.6 is 0 Å². The molecule has 4 aliphatic rings. The van der Waals surface area contributed by atoms with Crippen molar-refractivity contribution in [2.45, 2.75) is 56.0 Å². The first-order valence-electron chi connectivity index (χ1n) is 15.6. The van der Waals surface area contributed by atoms with Crippen molar-refractivity contribution < 1.29 is 40.7 Å². The van der Waals surface area contributed by atoms with Crippen LogP contribution in [0, 0.1) is 11.7 Å². The van der Waals surface area contributed by atoms with Crippen LogP contribution in [0.5, 0.6) is 0 Å². The molecule has 2 bridgehead atoms. The smallest absolute Gasteiger partial charge is 0.417 e. The number of nitrogens with two attached hydrogens (primary N) is 1. The van der Waals surface area contributed by atoms with Gasteiger partial charge in [-0.05, 0) is 55.5 Å². The molecule has 2 amide bonds. The molecule has 1 aliphatic carbocycles. The Morgan fingerprint density at radius 1 is 1.10 bits per heavy atom. The number of halogens is 5. The van der Waals surface area contributed by atoms with Gasteiger partial charge in [-0.1, -0.05) is 24.3 Å². The minimum Gasteiger partial charge on any atom is -0.453 e. The van der Waals surface area contributed by atoms with Crippen molar-refractivity contribution in [2.24, 2.45) is 11.7 Å². The van der Waals surface area contributed by atoms with Crippen LogP contribution < -0.4 is 10.6 Å². The molecule has 15 heteroatoms. The number of nitrogens with zero attached hydrogens (tertiary/aromatic N) is 5. The maximum Gasteiger partial charge on any atom is 0.417 e. The van der Waals surface area contributed by atoms with Gasteiger partial charge in [-0.3, -0.25) is 9.78 Å². The molecular weight excluding hydrogens is 651 g/mol. The standard InChI is InChI=1S/C34H31F5N6O4/c1-32(36)13-25(40)29(46)45(16-18-3-5-20(6-4-18)26-8-7-21(14-41-26)34(37,38)39)27-9-22(24(35)10-23(27)32)28-42-43-30(49-28)33-11-19(12-33)15-44(17-33)31(47)48-2/h3-10,14,19,25H,11-13,15-17,40H2,1-2H3/t19?,25-,32+,33?/m0/s1. The minimum absolute atomic E-state index is 0.0731. The summed E-state index contributed by atoms with van der Waals surface area (Å²) in [6.07, 6.45) is -3.19. The topological polar surface area (TPSA) is 128 Å². The molecule has 3 aliphatic heterocycles. The van der Waals surface area contributed by atoms with Crippen molar-refractivity contribution in [1.82, 2.24) is 20.1 Å². The predicted molar refractivity (Wildman–Crippen MR) is 165 cm³/mol. The number of hydrogen-bond acceptors (Lipinski definition) is 8. The summed E-state index contributed by atoms with van der Waals surface area (Å²) in [5, 5.41) is 8.32. The zero-order chi connectivity index (χ0) is 34.9. The van der Waals surface area contributed by atoms with E-state index in [4.69, 9.17) is 14.9 Å². The van der Waals surface area contributed by atoms with Gasteiger partial charge in [0.2, 0.25) is 11.8 Å². The molecular formula is C34H31F5N6O4. The van der Waals surface area contributed by atoms with E-state index in [2.05, 4.69) is 15.2 Å². The number of ether oxygens (including phenoxy) is 1. The lowest BCUT2D eigenvalue weighted by molar-refractivity contribution is -0.137. The van der Waals surface area contributed by atoms with Crippen molar-refractivity contribution >= 4 is 17.7 Å². The Kier molecular flexibility index (Phi) is 7.72. The highest BCUT2D eigenvalue weighted by Gasteiger charge is 2.56. The molecule has 4 aromatic rings. The van der Waals surface area contributed by atoms with Crippen LogP contribution in [-0.2, 0) is 33.3 Å². The Hall–Kier alpha value is -4.92. The van der Waals surface area contributed by atoms with Gasteiger partial charge >= 0.3 is 12.3 Å². The third-order valence-corrected chi connectivity index (χ3v) is 9.68. The second-order valence-electron chi connectivity index (χ2n) is 13.2. The van der Waals surface area contributed by atoms with E-state index in [9.17, 15) is 22.8 Å². The van der Waals surface area contributed by atoms with Crippen molar-refractivity contribution in [3.63, 3.8) is 0 Å². The van der Waals surface area contributed by atoms with E-state index >= 15 is 8.78 Å². The molecule has 5 heterocycles. The number of benzene rings is 2. The summed E-state index contributed by atoms with van der Waals surface area (Å²) >= 11 is 0. The number of methoxy groups -OCH3 is 1. The lowest BCUT2D eigenvalue weighted by Crippen LogP contribution is -2.60. The lowest BCUT2D eigenvalue weighted by atomic mass is 9.58. The molecule has 49 heavy (non-hydrogen) atoms. The summed E-state index contributed by atoms with van der Waals surface area (Å²) in [4.78, 5) is 32.6. The average molecular weight is 683 g/mol.